The van der Waals surface area contributed by atoms with E-state index in [0.29, 0.717) is 11.3 Å². The Balaban J connectivity index is 2.16. The number of piperidine rings is 1. The molecule has 0 radical (unpaired) electrons. The molecule has 1 saturated heterocycles. The fourth-order valence-electron chi connectivity index (χ4n) is 2.85. The van der Waals surface area contributed by atoms with Crippen molar-refractivity contribution >= 4 is 17.4 Å². The Kier molecular flexibility index (Phi) is 5.47. The molecule has 2 rings (SSSR count). The number of aromatic nitrogens is 1. The highest BCUT2D eigenvalue weighted by Gasteiger charge is 2.31. The van der Waals surface area contributed by atoms with E-state index < -0.39 is 5.60 Å². The predicted molar refractivity (Wildman–Crippen MR) is 97.4 cm³/mol. The van der Waals surface area contributed by atoms with Crippen LogP contribution in [-0.2, 0) is 16.7 Å². The maximum absolute atomic E-state index is 12.5. The number of nitrogens with one attached hydrogen (secondary N) is 1. The van der Waals surface area contributed by atoms with E-state index in [9.17, 15) is 4.79 Å². The quantitative estimate of drug-likeness (QED) is 0.869. The van der Waals surface area contributed by atoms with Gasteiger partial charge in [0.15, 0.2) is 4.80 Å². The van der Waals surface area contributed by atoms with Crippen molar-refractivity contribution in [3.63, 3.8) is 0 Å². The molecular formula is C18H31N3O2S. The fourth-order valence-corrected chi connectivity index (χ4v) is 3.79. The third-order valence-corrected chi connectivity index (χ3v) is 5.51. The molecule has 1 N–H and O–H groups in total. The van der Waals surface area contributed by atoms with E-state index in [1.165, 1.54) is 16.2 Å². The smallest absolute Gasteiger partial charge is 0.410 e. The Morgan fingerprint density at radius 3 is 2.50 bits per heavy atom. The van der Waals surface area contributed by atoms with E-state index in [-0.39, 0.29) is 17.6 Å². The van der Waals surface area contributed by atoms with E-state index in [1.54, 1.807) is 0 Å². The van der Waals surface area contributed by atoms with Gasteiger partial charge in [0.05, 0.1) is 6.04 Å². The Labute approximate surface area is 149 Å². The zero-order valence-electron chi connectivity index (χ0n) is 15.8. The second-order valence-electron chi connectivity index (χ2n) is 8.63. The third kappa shape index (κ3) is 4.85. The van der Waals surface area contributed by atoms with Crippen LogP contribution in [0.2, 0.25) is 0 Å². The molecule has 0 aromatic carbocycles. The van der Waals surface area contributed by atoms with Crippen molar-refractivity contribution in [2.75, 3.05) is 6.54 Å². The van der Waals surface area contributed by atoms with E-state index in [0.717, 1.165) is 25.8 Å². The number of nitrogens with zero attached hydrogens (tertiary/aromatic N) is 2. The van der Waals surface area contributed by atoms with Crippen LogP contribution in [0.15, 0.2) is 6.20 Å². The number of carbonyl (C=O) groups excluding carboxylic acids is 1. The van der Waals surface area contributed by atoms with Crippen LogP contribution in [0.5, 0.6) is 0 Å². The van der Waals surface area contributed by atoms with Gasteiger partial charge in [0.2, 0.25) is 0 Å². The summed E-state index contributed by atoms with van der Waals surface area (Å²) >= 11 is 1.52. The first-order chi connectivity index (χ1) is 11.0. The van der Waals surface area contributed by atoms with Crippen LogP contribution in [0.25, 0.3) is 0 Å². The van der Waals surface area contributed by atoms with E-state index in [2.05, 4.69) is 27.0 Å². The molecular weight excluding hydrogens is 322 g/mol. The summed E-state index contributed by atoms with van der Waals surface area (Å²) in [5.74, 6) is 0. The van der Waals surface area contributed by atoms with Crippen molar-refractivity contribution in [2.45, 2.75) is 84.4 Å². The predicted octanol–water partition coefficient (Wildman–Crippen LogP) is 4.12. The lowest BCUT2D eigenvalue weighted by Crippen LogP contribution is -2.48. The van der Waals surface area contributed by atoms with Crippen LogP contribution in [0.1, 0.15) is 65.7 Å². The van der Waals surface area contributed by atoms with Crippen LogP contribution in [-0.4, -0.2) is 33.7 Å². The fraction of sp³-hybridized carbons (Fsp3) is 0.778. The molecule has 1 fully saturated rings. The zero-order chi connectivity index (χ0) is 18.1. The average molecular weight is 354 g/mol. The van der Waals surface area contributed by atoms with Gasteiger partial charge in [-0.15, -0.1) is 11.3 Å². The van der Waals surface area contributed by atoms with Crippen LogP contribution in [0.4, 0.5) is 4.79 Å². The van der Waals surface area contributed by atoms with Gasteiger partial charge in [0.25, 0.3) is 0 Å². The van der Waals surface area contributed by atoms with Gasteiger partial charge >= 0.3 is 6.09 Å². The number of thiazole rings is 1. The van der Waals surface area contributed by atoms with Gasteiger partial charge in [-0.2, -0.15) is 0 Å². The van der Waals surface area contributed by atoms with Crippen molar-refractivity contribution in [2.24, 2.45) is 0 Å². The highest BCUT2D eigenvalue weighted by atomic mass is 32.1. The lowest BCUT2D eigenvalue weighted by molar-refractivity contribution is 0.00769. The summed E-state index contributed by atoms with van der Waals surface area (Å²) in [6.07, 6.45) is 4.95. The monoisotopic (exact) mass is 353 g/mol. The maximum Gasteiger partial charge on any atom is 0.410 e. The van der Waals surface area contributed by atoms with Crippen molar-refractivity contribution in [3.8, 4) is 0 Å². The van der Waals surface area contributed by atoms with Crippen LogP contribution in [0, 0.1) is 5.41 Å². The number of hydrogen-bond donors (Lipinski definition) is 1. The Bertz CT molecular complexity index is 634. The van der Waals surface area contributed by atoms with Gasteiger partial charge in [-0.3, -0.25) is 5.41 Å². The molecule has 1 aromatic rings. The van der Waals surface area contributed by atoms with Crippen molar-refractivity contribution in [1.29, 1.82) is 5.41 Å². The highest BCUT2D eigenvalue weighted by molar-refractivity contribution is 7.09. The molecule has 2 heterocycles. The lowest BCUT2D eigenvalue weighted by Gasteiger charge is -2.36. The summed E-state index contributed by atoms with van der Waals surface area (Å²) in [4.78, 5) is 16.1. The summed E-state index contributed by atoms with van der Waals surface area (Å²) in [6, 6.07) is 0.102. The third-order valence-electron chi connectivity index (χ3n) is 4.14. The molecule has 0 spiro atoms. The highest BCUT2D eigenvalue weighted by Crippen LogP contribution is 2.26. The number of carbonyl (C=O) groups is 1. The standard InChI is InChI=1S/C18H31N3O2S/c1-17(2,3)14-12-20(15(19)24-14)11-13-9-7-8-10-21(13)16(22)23-18(4,5)6/h12-13,19H,7-11H2,1-6H3. The van der Waals surface area contributed by atoms with E-state index in [1.807, 2.05) is 30.2 Å². The molecule has 5 nitrogen and oxygen atoms in total. The molecule has 1 aliphatic rings. The molecule has 0 bridgehead atoms. The number of hydrogen-bond acceptors (Lipinski definition) is 4. The maximum atomic E-state index is 12.5. The van der Waals surface area contributed by atoms with Gasteiger partial charge in [-0.1, -0.05) is 20.8 Å². The second-order valence-corrected chi connectivity index (χ2v) is 9.66. The largest absolute Gasteiger partial charge is 0.444 e. The minimum absolute atomic E-state index is 0.0448. The Morgan fingerprint density at radius 2 is 1.96 bits per heavy atom. The number of rotatable bonds is 2. The molecule has 0 saturated carbocycles. The molecule has 136 valence electrons. The van der Waals surface area contributed by atoms with Gasteiger partial charge in [0, 0.05) is 24.2 Å². The Hall–Kier alpha value is -1.30. The molecule has 24 heavy (non-hydrogen) atoms. The average Bonchev–Trinajstić information content (AvgIpc) is 2.79. The minimum Gasteiger partial charge on any atom is -0.444 e. The van der Waals surface area contributed by atoms with Gasteiger partial charge < -0.3 is 14.2 Å². The zero-order valence-corrected chi connectivity index (χ0v) is 16.6. The lowest BCUT2D eigenvalue weighted by atomic mass is 9.95. The summed E-state index contributed by atoms with van der Waals surface area (Å²) in [5.41, 5.74) is -0.433. The molecule has 1 aliphatic heterocycles. The molecule has 0 aliphatic carbocycles. The van der Waals surface area contributed by atoms with E-state index in [4.69, 9.17) is 10.1 Å². The van der Waals surface area contributed by atoms with Crippen molar-refractivity contribution in [3.05, 3.63) is 15.9 Å². The molecule has 1 amide bonds. The first-order valence-electron chi connectivity index (χ1n) is 8.72. The summed E-state index contributed by atoms with van der Waals surface area (Å²) in [7, 11) is 0. The van der Waals surface area contributed by atoms with Gasteiger partial charge in [-0.25, -0.2) is 4.79 Å². The molecule has 1 unspecified atom stereocenters. The van der Waals surface area contributed by atoms with Crippen LogP contribution < -0.4 is 4.80 Å². The van der Waals surface area contributed by atoms with Gasteiger partial charge in [0.1, 0.15) is 5.60 Å². The summed E-state index contributed by atoms with van der Waals surface area (Å²) in [6.45, 7) is 13.6. The van der Waals surface area contributed by atoms with Crippen molar-refractivity contribution in [1.82, 2.24) is 9.47 Å². The topological polar surface area (TPSA) is 58.3 Å². The molecule has 1 atom stereocenters. The molecule has 6 heteroatoms. The summed E-state index contributed by atoms with van der Waals surface area (Å²) < 4.78 is 7.55. The van der Waals surface area contributed by atoms with Gasteiger partial charge in [-0.05, 0) is 45.4 Å². The second kappa shape index (κ2) is 6.90. The Morgan fingerprint density at radius 1 is 1.29 bits per heavy atom. The molecule has 1 aromatic heterocycles. The van der Waals surface area contributed by atoms with Crippen LogP contribution >= 0.6 is 11.3 Å². The SMILES string of the molecule is CC(C)(C)OC(=O)N1CCCCC1Cn1cc(C(C)(C)C)sc1=N. The number of ether oxygens (including phenoxy) is 1. The first kappa shape index (κ1) is 19.0. The minimum atomic E-state index is -0.478. The van der Waals surface area contributed by atoms with E-state index >= 15 is 0 Å². The first-order valence-corrected chi connectivity index (χ1v) is 9.54. The van der Waals surface area contributed by atoms with Crippen molar-refractivity contribution < 1.29 is 9.53 Å². The van der Waals surface area contributed by atoms with Crippen LogP contribution in [0.3, 0.4) is 0 Å². The number of amides is 1. The number of likely N-dealkylation sites (tertiary alicyclic amines) is 1. The summed E-state index contributed by atoms with van der Waals surface area (Å²) in [5, 5.41) is 8.25. The normalized spacial score (nSPS) is 19.4.